The van der Waals surface area contributed by atoms with Crippen molar-refractivity contribution in [1.82, 2.24) is 10.5 Å². The Labute approximate surface area is 110 Å². The Kier molecular flexibility index (Phi) is 4.10. The van der Waals surface area contributed by atoms with E-state index < -0.39 is 0 Å². The molecule has 3 heteroatoms. The lowest BCUT2D eigenvalue weighted by Crippen LogP contribution is -2.40. The first-order chi connectivity index (χ1) is 8.49. The topological polar surface area (TPSA) is 38.1 Å². The van der Waals surface area contributed by atoms with Crippen molar-refractivity contribution >= 4 is 0 Å². The van der Waals surface area contributed by atoms with Gasteiger partial charge in [0.2, 0.25) is 0 Å². The molecular weight excluding hydrogens is 224 g/mol. The lowest BCUT2D eigenvalue weighted by Gasteiger charge is -2.35. The molecule has 1 fully saturated rings. The van der Waals surface area contributed by atoms with Gasteiger partial charge >= 0.3 is 0 Å². The zero-order valence-corrected chi connectivity index (χ0v) is 12.3. The summed E-state index contributed by atoms with van der Waals surface area (Å²) in [6.07, 6.45) is 4.00. The molecular formula is C15H26N2O. The Morgan fingerprint density at radius 2 is 2.00 bits per heavy atom. The summed E-state index contributed by atoms with van der Waals surface area (Å²) in [5.74, 6) is 2.56. The van der Waals surface area contributed by atoms with Gasteiger partial charge in [-0.3, -0.25) is 0 Å². The lowest BCUT2D eigenvalue weighted by atomic mass is 9.79. The molecule has 1 aromatic rings. The predicted octanol–water partition coefficient (Wildman–Crippen LogP) is 3.77. The number of hydrogen-bond acceptors (Lipinski definition) is 3. The van der Waals surface area contributed by atoms with Gasteiger partial charge in [0.1, 0.15) is 5.76 Å². The highest BCUT2D eigenvalue weighted by Crippen LogP contribution is 2.31. The van der Waals surface area contributed by atoms with Gasteiger partial charge in [-0.15, -0.1) is 0 Å². The molecule has 3 nitrogen and oxygen atoms in total. The highest BCUT2D eigenvalue weighted by molar-refractivity contribution is 5.24. The summed E-state index contributed by atoms with van der Waals surface area (Å²) in [4.78, 5) is 0. The fourth-order valence-corrected chi connectivity index (χ4v) is 3.28. The second-order valence-corrected chi connectivity index (χ2v) is 6.13. The van der Waals surface area contributed by atoms with Gasteiger partial charge in [-0.2, -0.15) is 0 Å². The average molecular weight is 250 g/mol. The van der Waals surface area contributed by atoms with Gasteiger partial charge in [-0.1, -0.05) is 25.4 Å². The number of aryl methyl sites for hydroxylation is 2. The third-order valence-corrected chi connectivity index (χ3v) is 4.44. The van der Waals surface area contributed by atoms with Gasteiger partial charge in [0.25, 0.3) is 0 Å². The van der Waals surface area contributed by atoms with Crippen LogP contribution in [0, 0.1) is 25.7 Å². The molecule has 1 saturated carbocycles. The van der Waals surface area contributed by atoms with Crippen molar-refractivity contribution < 1.29 is 4.52 Å². The Hall–Kier alpha value is -0.830. The molecule has 0 aromatic carbocycles. The second kappa shape index (κ2) is 5.43. The zero-order chi connectivity index (χ0) is 13.3. The van der Waals surface area contributed by atoms with Gasteiger partial charge in [-0.05, 0) is 45.4 Å². The normalized spacial score (nSPS) is 30.4. The summed E-state index contributed by atoms with van der Waals surface area (Å²) < 4.78 is 5.26. The maximum Gasteiger partial charge on any atom is 0.138 e. The third-order valence-electron chi connectivity index (χ3n) is 4.44. The first-order valence-electron chi connectivity index (χ1n) is 7.17. The van der Waals surface area contributed by atoms with Gasteiger partial charge in [-0.25, -0.2) is 0 Å². The maximum atomic E-state index is 5.26. The number of aromatic nitrogens is 1. The van der Waals surface area contributed by atoms with E-state index >= 15 is 0 Å². The van der Waals surface area contributed by atoms with Crippen LogP contribution in [0.15, 0.2) is 4.52 Å². The van der Waals surface area contributed by atoms with Crippen LogP contribution in [0.4, 0.5) is 0 Å². The molecule has 1 N–H and O–H groups in total. The van der Waals surface area contributed by atoms with Crippen molar-refractivity contribution in [2.24, 2.45) is 11.8 Å². The van der Waals surface area contributed by atoms with Crippen molar-refractivity contribution in [3.05, 3.63) is 17.0 Å². The van der Waals surface area contributed by atoms with Crippen LogP contribution in [0.2, 0.25) is 0 Å². The van der Waals surface area contributed by atoms with E-state index in [9.17, 15) is 0 Å². The number of nitrogens with zero attached hydrogens (tertiary/aromatic N) is 1. The molecule has 1 aliphatic rings. The lowest BCUT2D eigenvalue weighted by molar-refractivity contribution is 0.216. The summed E-state index contributed by atoms with van der Waals surface area (Å²) in [7, 11) is 0. The van der Waals surface area contributed by atoms with Gasteiger partial charge < -0.3 is 9.84 Å². The predicted molar refractivity (Wildman–Crippen MR) is 73.5 cm³/mol. The van der Waals surface area contributed by atoms with Crippen molar-refractivity contribution in [1.29, 1.82) is 0 Å². The fraction of sp³-hybridized carbons (Fsp3) is 0.800. The minimum Gasteiger partial charge on any atom is -0.361 e. The Bertz CT molecular complexity index is 380. The second-order valence-electron chi connectivity index (χ2n) is 6.13. The molecule has 102 valence electrons. The molecule has 0 radical (unpaired) electrons. The largest absolute Gasteiger partial charge is 0.361 e. The van der Waals surface area contributed by atoms with Gasteiger partial charge in [0.05, 0.1) is 5.69 Å². The van der Waals surface area contributed by atoms with E-state index in [-0.39, 0.29) is 0 Å². The number of rotatable bonds is 3. The summed E-state index contributed by atoms with van der Waals surface area (Å²) in [6.45, 7) is 11.0. The minimum absolute atomic E-state index is 0.328. The standard InChI is InChI=1S/C15H26N2O/c1-9-6-7-10(2)14(8-9)16-11(3)15-12(4)17-18-13(15)5/h9-11,14,16H,6-8H2,1-5H3. The summed E-state index contributed by atoms with van der Waals surface area (Å²) in [5.41, 5.74) is 2.25. The van der Waals surface area contributed by atoms with Crippen LogP contribution >= 0.6 is 0 Å². The molecule has 0 amide bonds. The van der Waals surface area contributed by atoms with Crippen LogP contribution in [-0.4, -0.2) is 11.2 Å². The van der Waals surface area contributed by atoms with Crippen molar-refractivity contribution in [2.75, 3.05) is 0 Å². The van der Waals surface area contributed by atoms with E-state index in [1.807, 2.05) is 13.8 Å². The molecule has 1 aromatic heterocycles. The van der Waals surface area contributed by atoms with E-state index in [1.54, 1.807) is 0 Å². The minimum atomic E-state index is 0.328. The number of nitrogens with one attached hydrogen (secondary N) is 1. The molecule has 1 heterocycles. The van der Waals surface area contributed by atoms with E-state index in [4.69, 9.17) is 4.52 Å². The van der Waals surface area contributed by atoms with Gasteiger partial charge in [0.15, 0.2) is 0 Å². The summed E-state index contributed by atoms with van der Waals surface area (Å²) in [5, 5.41) is 7.83. The van der Waals surface area contributed by atoms with Crippen LogP contribution in [0.5, 0.6) is 0 Å². The first-order valence-corrected chi connectivity index (χ1v) is 7.17. The third kappa shape index (κ3) is 2.77. The summed E-state index contributed by atoms with van der Waals surface area (Å²) >= 11 is 0. The molecule has 0 bridgehead atoms. The fourth-order valence-electron chi connectivity index (χ4n) is 3.28. The summed E-state index contributed by atoms with van der Waals surface area (Å²) in [6, 6.07) is 0.950. The Balaban J connectivity index is 2.04. The van der Waals surface area contributed by atoms with Crippen molar-refractivity contribution in [3.63, 3.8) is 0 Å². The molecule has 0 aliphatic heterocycles. The Morgan fingerprint density at radius 3 is 2.61 bits per heavy atom. The molecule has 0 spiro atoms. The van der Waals surface area contributed by atoms with Crippen LogP contribution in [0.1, 0.15) is 63.1 Å². The van der Waals surface area contributed by atoms with Crippen molar-refractivity contribution in [2.45, 2.75) is 66.0 Å². The highest BCUT2D eigenvalue weighted by Gasteiger charge is 2.28. The van der Waals surface area contributed by atoms with E-state index in [0.29, 0.717) is 12.1 Å². The monoisotopic (exact) mass is 250 g/mol. The van der Waals surface area contributed by atoms with Crippen LogP contribution in [0.25, 0.3) is 0 Å². The SMILES string of the molecule is Cc1noc(C)c1C(C)NC1CC(C)CCC1C. The highest BCUT2D eigenvalue weighted by atomic mass is 16.5. The molecule has 0 saturated heterocycles. The molecule has 18 heavy (non-hydrogen) atoms. The first kappa shape index (κ1) is 13.6. The molecule has 4 unspecified atom stereocenters. The molecule has 2 rings (SSSR count). The van der Waals surface area contributed by atoms with E-state index in [0.717, 1.165) is 23.3 Å². The maximum absolute atomic E-state index is 5.26. The number of hydrogen-bond donors (Lipinski definition) is 1. The van der Waals surface area contributed by atoms with Crippen LogP contribution < -0.4 is 5.32 Å². The quantitative estimate of drug-likeness (QED) is 0.887. The Morgan fingerprint density at radius 1 is 1.28 bits per heavy atom. The van der Waals surface area contributed by atoms with E-state index in [2.05, 4.69) is 31.2 Å². The van der Waals surface area contributed by atoms with Crippen LogP contribution in [-0.2, 0) is 0 Å². The molecule has 4 atom stereocenters. The van der Waals surface area contributed by atoms with Gasteiger partial charge in [0, 0.05) is 17.6 Å². The molecule has 1 aliphatic carbocycles. The van der Waals surface area contributed by atoms with Crippen molar-refractivity contribution in [3.8, 4) is 0 Å². The smallest absolute Gasteiger partial charge is 0.138 e. The van der Waals surface area contributed by atoms with E-state index in [1.165, 1.54) is 24.8 Å². The average Bonchev–Trinajstić information content (AvgIpc) is 2.63. The van der Waals surface area contributed by atoms with Crippen LogP contribution in [0.3, 0.4) is 0 Å². The zero-order valence-electron chi connectivity index (χ0n) is 12.3.